The van der Waals surface area contributed by atoms with Gasteiger partial charge in [0.05, 0.1) is 4.90 Å². The summed E-state index contributed by atoms with van der Waals surface area (Å²) in [6.07, 6.45) is 3.43. The molecular weight excluding hydrogens is 300 g/mol. The van der Waals surface area contributed by atoms with Crippen molar-refractivity contribution in [1.29, 1.82) is 0 Å². The van der Waals surface area contributed by atoms with Crippen molar-refractivity contribution in [3.8, 4) is 0 Å². The summed E-state index contributed by atoms with van der Waals surface area (Å²) in [6.45, 7) is 0.782. The average molecular weight is 318 g/mol. The molecule has 1 saturated carbocycles. The Morgan fingerprint density at radius 1 is 1.26 bits per heavy atom. The fourth-order valence-corrected chi connectivity index (χ4v) is 5.80. The average Bonchev–Trinajstić information content (AvgIpc) is 2.87. The van der Waals surface area contributed by atoms with Crippen LogP contribution in [0.5, 0.6) is 0 Å². The molecule has 2 aliphatic rings. The van der Waals surface area contributed by atoms with E-state index in [2.05, 4.69) is 10.0 Å². The van der Waals surface area contributed by atoms with Crippen molar-refractivity contribution < 1.29 is 8.42 Å². The van der Waals surface area contributed by atoms with Gasteiger partial charge < -0.3 is 5.32 Å². The number of nitrogens with one attached hydrogen (secondary N) is 2. The quantitative estimate of drug-likeness (QED) is 0.839. The van der Waals surface area contributed by atoms with Gasteiger partial charge in [0, 0.05) is 34.6 Å². The van der Waals surface area contributed by atoms with Gasteiger partial charge in [-0.2, -0.15) is 11.8 Å². The maximum atomic E-state index is 12.2. The molecule has 1 atom stereocenters. The summed E-state index contributed by atoms with van der Waals surface area (Å²) in [5, 5.41) is 5.15. The van der Waals surface area contributed by atoms with Gasteiger partial charge >= 0.3 is 0 Å². The third-order valence-corrected chi connectivity index (χ3v) is 7.08. The van der Waals surface area contributed by atoms with Gasteiger partial charge in [-0.05, 0) is 31.1 Å². The van der Waals surface area contributed by atoms with Crippen LogP contribution in [0.4, 0.5) is 0 Å². The van der Waals surface area contributed by atoms with E-state index in [4.69, 9.17) is 0 Å². The van der Waals surface area contributed by atoms with E-state index in [1.54, 1.807) is 11.4 Å². The summed E-state index contributed by atoms with van der Waals surface area (Å²) in [4.78, 5) is 1.51. The molecule has 7 heteroatoms. The molecule has 1 aromatic heterocycles. The van der Waals surface area contributed by atoms with Crippen molar-refractivity contribution in [2.24, 2.45) is 0 Å². The largest absolute Gasteiger partial charge is 0.309 e. The minimum Gasteiger partial charge on any atom is -0.309 e. The zero-order chi connectivity index (χ0) is 13.3. The minimum absolute atomic E-state index is 0.0999. The van der Waals surface area contributed by atoms with Gasteiger partial charge in [0.1, 0.15) is 0 Å². The highest BCUT2D eigenvalue weighted by molar-refractivity contribution is 7.99. The molecule has 1 unspecified atom stereocenters. The monoisotopic (exact) mass is 318 g/mol. The molecule has 0 aromatic carbocycles. The van der Waals surface area contributed by atoms with Crippen LogP contribution in [0.25, 0.3) is 0 Å². The molecule has 1 aliphatic heterocycles. The predicted molar refractivity (Wildman–Crippen MR) is 80.2 cm³/mol. The molecule has 2 fully saturated rings. The van der Waals surface area contributed by atoms with Crippen molar-refractivity contribution in [3.05, 3.63) is 16.3 Å². The Labute approximate surface area is 122 Å². The van der Waals surface area contributed by atoms with Crippen LogP contribution in [-0.2, 0) is 16.6 Å². The summed E-state index contributed by atoms with van der Waals surface area (Å²) >= 11 is 3.32. The van der Waals surface area contributed by atoms with Gasteiger partial charge in [-0.1, -0.05) is 0 Å². The molecule has 0 spiro atoms. The van der Waals surface area contributed by atoms with Crippen LogP contribution in [0.3, 0.4) is 0 Å². The number of rotatable bonds is 6. The van der Waals surface area contributed by atoms with Crippen LogP contribution in [0.1, 0.15) is 24.1 Å². The SMILES string of the molecule is O=S(=O)(NC1CCSC1)c1csc(CNC2CC2)c1. The van der Waals surface area contributed by atoms with Gasteiger partial charge in [0.2, 0.25) is 10.0 Å². The lowest BCUT2D eigenvalue weighted by Crippen LogP contribution is -2.34. The molecule has 4 nitrogen and oxygen atoms in total. The second-order valence-corrected chi connectivity index (χ2v) is 8.95. The van der Waals surface area contributed by atoms with E-state index in [0.29, 0.717) is 10.9 Å². The Kier molecular flexibility index (Phi) is 4.19. The zero-order valence-electron chi connectivity index (χ0n) is 10.6. The van der Waals surface area contributed by atoms with Crippen LogP contribution < -0.4 is 10.0 Å². The third-order valence-electron chi connectivity index (χ3n) is 3.33. The van der Waals surface area contributed by atoms with E-state index < -0.39 is 10.0 Å². The highest BCUT2D eigenvalue weighted by Gasteiger charge is 2.24. The number of thiophene rings is 1. The zero-order valence-corrected chi connectivity index (χ0v) is 13.0. The minimum atomic E-state index is -3.33. The lowest BCUT2D eigenvalue weighted by atomic mass is 10.3. The molecule has 2 N–H and O–H groups in total. The molecule has 0 amide bonds. The lowest BCUT2D eigenvalue weighted by Gasteiger charge is -2.10. The fourth-order valence-electron chi connectivity index (χ4n) is 2.04. The summed E-state index contributed by atoms with van der Waals surface area (Å²) in [7, 11) is -3.33. The number of thioether (sulfide) groups is 1. The van der Waals surface area contributed by atoms with Gasteiger partial charge in [-0.15, -0.1) is 11.3 Å². The molecule has 1 saturated heterocycles. The molecule has 2 heterocycles. The standard InChI is InChI=1S/C12H18N2O2S3/c15-19(16,14-10-3-4-17-7-10)12-5-11(18-8-12)6-13-9-1-2-9/h5,8-10,13-14H,1-4,6-7H2. The van der Waals surface area contributed by atoms with Gasteiger partial charge in [-0.25, -0.2) is 13.1 Å². The lowest BCUT2D eigenvalue weighted by molar-refractivity contribution is 0.563. The summed E-state index contributed by atoms with van der Waals surface area (Å²) in [5.41, 5.74) is 0. The summed E-state index contributed by atoms with van der Waals surface area (Å²) < 4.78 is 27.2. The molecule has 19 heavy (non-hydrogen) atoms. The van der Waals surface area contributed by atoms with E-state index in [9.17, 15) is 8.42 Å². The van der Waals surface area contributed by atoms with Gasteiger partial charge in [-0.3, -0.25) is 0 Å². The van der Waals surface area contributed by atoms with E-state index in [-0.39, 0.29) is 6.04 Å². The van der Waals surface area contributed by atoms with Crippen molar-refractivity contribution in [2.45, 2.75) is 42.8 Å². The third kappa shape index (κ3) is 3.72. The smallest absolute Gasteiger partial charge is 0.241 e. The summed E-state index contributed by atoms with van der Waals surface area (Å²) in [5.74, 6) is 1.94. The van der Waals surface area contributed by atoms with E-state index in [0.717, 1.165) is 29.3 Å². The van der Waals surface area contributed by atoms with Crippen LogP contribution in [0.2, 0.25) is 0 Å². The van der Waals surface area contributed by atoms with E-state index in [1.807, 2.05) is 11.8 Å². The van der Waals surface area contributed by atoms with E-state index in [1.165, 1.54) is 24.2 Å². The van der Waals surface area contributed by atoms with Crippen molar-refractivity contribution in [3.63, 3.8) is 0 Å². The Balaban J connectivity index is 1.62. The van der Waals surface area contributed by atoms with E-state index >= 15 is 0 Å². The first kappa shape index (κ1) is 13.9. The van der Waals surface area contributed by atoms with Crippen LogP contribution in [-0.4, -0.2) is 32.0 Å². The topological polar surface area (TPSA) is 58.2 Å². The number of hydrogen-bond donors (Lipinski definition) is 2. The Hall–Kier alpha value is -0.0800. The molecule has 0 bridgehead atoms. The van der Waals surface area contributed by atoms with Gasteiger partial charge in [0.15, 0.2) is 0 Å². The van der Waals surface area contributed by atoms with Crippen molar-refractivity contribution in [2.75, 3.05) is 11.5 Å². The molecular formula is C12H18N2O2S3. The maximum Gasteiger partial charge on any atom is 0.241 e. The highest BCUT2D eigenvalue weighted by Crippen LogP contribution is 2.24. The second kappa shape index (κ2) is 5.73. The molecule has 1 aliphatic carbocycles. The highest BCUT2D eigenvalue weighted by atomic mass is 32.2. The van der Waals surface area contributed by atoms with Gasteiger partial charge in [0.25, 0.3) is 0 Å². The molecule has 3 rings (SSSR count). The molecule has 1 aromatic rings. The number of hydrogen-bond acceptors (Lipinski definition) is 5. The molecule has 0 radical (unpaired) electrons. The van der Waals surface area contributed by atoms with Crippen LogP contribution >= 0.6 is 23.1 Å². The van der Waals surface area contributed by atoms with Crippen LogP contribution in [0, 0.1) is 0 Å². The predicted octanol–water partition coefficient (Wildman–Crippen LogP) is 1.78. The Morgan fingerprint density at radius 3 is 2.79 bits per heavy atom. The Morgan fingerprint density at radius 2 is 2.11 bits per heavy atom. The second-order valence-electron chi connectivity index (χ2n) is 5.09. The normalized spacial score (nSPS) is 23.9. The summed E-state index contributed by atoms with van der Waals surface area (Å²) in [6, 6.07) is 2.54. The Bertz CT molecular complexity index is 531. The van der Waals surface area contributed by atoms with Crippen LogP contribution in [0.15, 0.2) is 16.3 Å². The fraction of sp³-hybridized carbons (Fsp3) is 0.667. The van der Waals surface area contributed by atoms with Crippen molar-refractivity contribution in [1.82, 2.24) is 10.0 Å². The maximum absolute atomic E-state index is 12.2. The first-order valence-electron chi connectivity index (χ1n) is 6.54. The molecule has 106 valence electrons. The van der Waals surface area contributed by atoms with Crippen molar-refractivity contribution >= 4 is 33.1 Å². The first-order chi connectivity index (χ1) is 9.13. The first-order valence-corrected chi connectivity index (χ1v) is 10.1. The number of sulfonamides is 1.